The topological polar surface area (TPSA) is 78.1 Å². The average Bonchev–Trinajstić information content (AvgIpc) is 2.86. The fourth-order valence-corrected chi connectivity index (χ4v) is 1.99. The Bertz CT molecular complexity index is 510. The summed E-state index contributed by atoms with van der Waals surface area (Å²) in [6.45, 7) is 1.97. The van der Waals surface area contributed by atoms with Gasteiger partial charge in [-0.1, -0.05) is 0 Å². The maximum absolute atomic E-state index is 11.3. The van der Waals surface area contributed by atoms with Crippen LogP contribution in [0.2, 0.25) is 0 Å². The van der Waals surface area contributed by atoms with Gasteiger partial charge in [-0.15, -0.1) is 11.3 Å². The Morgan fingerprint density at radius 1 is 1.69 bits per heavy atom. The van der Waals surface area contributed by atoms with Crippen LogP contribution >= 0.6 is 27.3 Å². The van der Waals surface area contributed by atoms with Crippen LogP contribution in [-0.2, 0) is 4.74 Å². The summed E-state index contributed by atoms with van der Waals surface area (Å²) in [6, 6.07) is 0. The molecule has 0 spiro atoms. The summed E-state index contributed by atoms with van der Waals surface area (Å²) >= 11 is 4.68. The summed E-state index contributed by atoms with van der Waals surface area (Å²) < 4.78 is 10.4. The van der Waals surface area contributed by atoms with Gasteiger partial charge in [-0.2, -0.15) is 4.98 Å². The first-order valence-corrected chi connectivity index (χ1v) is 5.99. The molecule has 2 aromatic heterocycles. The monoisotopic (exact) mass is 303 g/mol. The number of ether oxygens (including phenoxy) is 1. The molecule has 0 N–H and O–H groups in total. The lowest BCUT2D eigenvalue weighted by Crippen LogP contribution is -2.06. The highest BCUT2D eigenvalue weighted by atomic mass is 79.9. The number of carbonyl (C=O) groups excluding carboxylic acids is 1. The van der Waals surface area contributed by atoms with Gasteiger partial charge in [-0.3, -0.25) is 0 Å². The van der Waals surface area contributed by atoms with E-state index in [4.69, 9.17) is 9.26 Å². The number of halogens is 1. The van der Waals surface area contributed by atoms with E-state index in [-0.39, 0.29) is 18.3 Å². The number of rotatable bonds is 3. The fraction of sp³-hybridized carbons (Fsp3) is 0.250. The van der Waals surface area contributed by atoms with Crippen LogP contribution in [0.3, 0.4) is 0 Å². The van der Waals surface area contributed by atoms with Crippen molar-refractivity contribution in [3.63, 3.8) is 0 Å². The predicted octanol–water partition coefficient (Wildman–Crippen LogP) is 2.13. The van der Waals surface area contributed by atoms with Crippen LogP contribution in [0.25, 0.3) is 11.6 Å². The van der Waals surface area contributed by atoms with Gasteiger partial charge in [0, 0.05) is 0 Å². The second-order valence-electron chi connectivity index (χ2n) is 2.62. The highest BCUT2D eigenvalue weighted by molar-refractivity contribution is 9.11. The quantitative estimate of drug-likeness (QED) is 0.808. The van der Waals surface area contributed by atoms with Gasteiger partial charge < -0.3 is 9.26 Å². The molecule has 0 atom stereocenters. The third-order valence-corrected chi connectivity index (χ3v) is 3.16. The van der Waals surface area contributed by atoms with Crippen molar-refractivity contribution in [2.24, 2.45) is 0 Å². The van der Waals surface area contributed by atoms with E-state index in [1.807, 2.05) is 0 Å². The van der Waals surface area contributed by atoms with Crippen molar-refractivity contribution >= 4 is 33.2 Å². The average molecular weight is 304 g/mol. The molecule has 0 aliphatic carbocycles. The number of esters is 1. The van der Waals surface area contributed by atoms with Crippen LogP contribution in [0.5, 0.6) is 0 Å². The molecular formula is C8H6BrN3O3S. The summed E-state index contributed by atoms with van der Waals surface area (Å²) in [5.74, 6) is -0.517. The number of carbonyl (C=O) groups is 1. The zero-order chi connectivity index (χ0) is 11.5. The normalized spacial score (nSPS) is 10.4. The lowest BCUT2D eigenvalue weighted by molar-refractivity contribution is 0.0508. The van der Waals surface area contributed by atoms with E-state index in [9.17, 15) is 4.79 Å². The smallest absolute Gasteiger partial charge is 0.379 e. The largest absolute Gasteiger partial charge is 0.460 e. The molecule has 6 nitrogen and oxygen atoms in total. The number of hydrogen-bond acceptors (Lipinski definition) is 7. The van der Waals surface area contributed by atoms with Crippen molar-refractivity contribution in [3.05, 3.63) is 15.1 Å². The minimum atomic E-state index is -0.608. The molecular weight excluding hydrogens is 298 g/mol. The Kier molecular flexibility index (Phi) is 3.30. The molecule has 0 aliphatic rings. The number of aromatic nitrogens is 3. The van der Waals surface area contributed by atoms with Gasteiger partial charge in [0.2, 0.25) is 0 Å². The molecule has 2 rings (SSSR count). The summed E-state index contributed by atoms with van der Waals surface area (Å²) in [5.41, 5.74) is 2.15. The molecule has 0 radical (unpaired) electrons. The minimum absolute atomic E-state index is 0.100. The molecule has 84 valence electrons. The number of hydrogen-bond donors (Lipinski definition) is 0. The zero-order valence-electron chi connectivity index (χ0n) is 8.14. The summed E-state index contributed by atoms with van der Waals surface area (Å²) in [4.78, 5) is 19.2. The van der Waals surface area contributed by atoms with Crippen molar-refractivity contribution in [2.45, 2.75) is 6.92 Å². The van der Waals surface area contributed by atoms with Crippen LogP contribution in [0.1, 0.15) is 17.5 Å². The lowest BCUT2D eigenvalue weighted by Gasteiger charge is -1.93. The van der Waals surface area contributed by atoms with Crippen molar-refractivity contribution in [2.75, 3.05) is 6.61 Å². The molecule has 0 fully saturated rings. The summed E-state index contributed by atoms with van der Waals surface area (Å²) in [6.07, 6.45) is 0. The molecule has 2 aromatic rings. The Hall–Kier alpha value is -1.28. The molecule has 2 heterocycles. The van der Waals surface area contributed by atoms with Gasteiger partial charge in [0.15, 0.2) is 5.69 Å². The van der Waals surface area contributed by atoms with Gasteiger partial charge in [0.05, 0.1) is 12.1 Å². The first kappa shape index (κ1) is 11.2. The van der Waals surface area contributed by atoms with E-state index >= 15 is 0 Å². The highest BCUT2D eigenvalue weighted by Crippen LogP contribution is 2.28. The molecule has 0 bridgehead atoms. The molecule has 0 amide bonds. The molecule has 0 aromatic carbocycles. The van der Waals surface area contributed by atoms with Crippen LogP contribution in [0, 0.1) is 0 Å². The molecule has 0 saturated carbocycles. The van der Waals surface area contributed by atoms with E-state index in [1.54, 1.807) is 12.4 Å². The summed E-state index contributed by atoms with van der Waals surface area (Å²) in [5, 5.41) is 3.51. The summed E-state index contributed by atoms with van der Waals surface area (Å²) in [7, 11) is 0. The van der Waals surface area contributed by atoms with Crippen molar-refractivity contribution in [3.8, 4) is 11.6 Å². The fourth-order valence-electron chi connectivity index (χ4n) is 0.969. The van der Waals surface area contributed by atoms with E-state index in [1.165, 1.54) is 11.3 Å². The molecule has 0 aliphatic heterocycles. The van der Waals surface area contributed by atoms with Gasteiger partial charge >= 0.3 is 5.97 Å². The third kappa shape index (κ3) is 2.12. The lowest BCUT2D eigenvalue weighted by atomic mass is 10.5. The van der Waals surface area contributed by atoms with Gasteiger partial charge in [-0.05, 0) is 28.0 Å². The van der Waals surface area contributed by atoms with Crippen LogP contribution in [-0.4, -0.2) is 27.7 Å². The predicted molar refractivity (Wildman–Crippen MR) is 59.1 cm³/mol. The second-order valence-corrected chi connectivity index (χ2v) is 4.79. The van der Waals surface area contributed by atoms with Crippen molar-refractivity contribution < 1.29 is 14.1 Å². The van der Waals surface area contributed by atoms with E-state index in [2.05, 4.69) is 31.1 Å². The SMILES string of the molecule is CCOC(=O)c1noc(-c2ncsc2Br)n1. The van der Waals surface area contributed by atoms with Gasteiger partial charge in [0.25, 0.3) is 11.7 Å². The van der Waals surface area contributed by atoms with E-state index in [0.717, 1.165) is 3.79 Å². The van der Waals surface area contributed by atoms with Gasteiger partial charge in [-0.25, -0.2) is 9.78 Å². The first-order valence-electron chi connectivity index (χ1n) is 4.32. The molecule has 0 saturated heterocycles. The Morgan fingerprint density at radius 2 is 2.50 bits per heavy atom. The Balaban J connectivity index is 2.26. The standard InChI is InChI=1S/C8H6BrN3O3S/c1-2-14-8(13)6-11-7(15-12-6)4-5(9)16-3-10-4/h3H,2H2,1H3. The third-order valence-electron chi connectivity index (χ3n) is 1.61. The van der Waals surface area contributed by atoms with Crippen LogP contribution in [0.15, 0.2) is 13.8 Å². The van der Waals surface area contributed by atoms with Crippen LogP contribution < -0.4 is 0 Å². The van der Waals surface area contributed by atoms with Crippen molar-refractivity contribution in [1.29, 1.82) is 0 Å². The molecule has 16 heavy (non-hydrogen) atoms. The second kappa shape index (κ2) is 4.71. The highest BCUT2D eigenvalue weighted by Gasteiger charge is 2.19. The number of thiazole rings is 1. The van der Waals surface area contributed by atoms with Crippen LogP contribution in [0.4, 0.5) is 0 Å². The van der Waals surface area contributed by atoms with E-state index in [0.29, 0.717) is 5.69 Å². The first-order chi connectivity index (χ1) is 7.72. The van der Waals surface area contributed by atoms with E-state index < -0.39 is 5.97 Å². The number of nitrogens with zero attached hydrogens (tertiary/aromatic N) is 3. The van der Waals surface area contributed by atoms with Crippen molar-refractivity contribution in [1.82, 2.24) is 15.1 Å². The molecule has 8 heteroatoms. The Morgan fingerprint density at radius 3 is 3.12 bits per heavy atom. The maximum Gasteiger partial charge on any atom is 0.379 e. The Labute approximate surface area is 103 Å². The molecule has 0 unspecified atom stereocenters. The maximum atomic E-state index is 11.3. The minimum Gasteiger partial charge on any atom is -0.460 e. The van der Waals surface area contributed by atoms with Gasteiger partial charge in [0.1, 0.15) is 3.79 Å². The zero-order valence-corrected chi connectivity index (χ0v) is 10.5.